The molecule has 0 aliphatic carbocycles. The molecule has 0 aliphatic rings. The van der Waals surface area contributed by atoms with E-state index in [1.807, 2.05) is 30.3 Å². The highest BCUT2D eigenvalue weighted by molar-refractivity contribution is 6.30. The zero-order chi connectivity index (χ0) is 18.1. The Balaban J connectivity index is 1.66. The Morgan fingerprint density at radius 2 is 1.88 bits per heavy atom. The summed E-state index contributed by atoms with van der Waals surface area (Å²) < 4.78 is 5.55. The van der Waals surface area contributed by atoms with E-state index in [1.54, 1.807) is 31.3 Å². The van der Waals surface area contributed by atoms with Gasteiger partial charge in [-0.15, -0.1) is 0 Å². The predicted octanol–water partition coefficient (Wildman–Crippen LogP) is 2.54. The molecule has 0 bridgehead atoms. The summed E-state index contributed by atoms with van der Waals surface area (Å²) in [6.45, 7) is 0.736. The lowest BCUT2D eigenvalue weighted by Gasteiger charge is -2.18. The van der Waals surface area contributed by atoms with E-state index in [0.717, 1.165) is 5.56 Å². The maximum absolute atomic E-state index is 12.0. The van der Waals surface area contributed by atoms with Gasteiger partial charge in [-0.05, 0) is 23.8 Å². The second-order valence-corrected chi connectivity index (χ2v) is 6.00. The fourth-order valence-corrected chi connectivity index (χ4v) is 2.32. The van der Waals surface area contributed by atoms with Gasteiger partial charge in [-0.1, -0.05) is 48.0 Å². The van der Waals surface area contributed by atoms with E-state index in [0.29, 0.717) is 23.9 Å². The Bertz CT molecular complexity index is 707. The number of halogens is 1. The lowest BCUT2D eigenvalue weighted by molar-refractivity contribution is -0.131. The van der Waals surface area contributed by atoms with Gasteiger partial charge in [0.05, 0.1) is 19.5 Å². The van der Waals surface area contributed by atoms with Gasteiger partial charge in [-0.2, -0.15) is 0 Å². The summed E-state index contributed by atoms with van der Waals surface area (Å²) in [5.41, 5.74) is 0.913. The first-order valence-electron chi connectivity index (χ1n) is 7.97. The molecule has 6 heteroatoms. The van der Waals surface area contributed by atoms with Crippen molar-refractivity contribution >= 4 is 23.4 Å². The number of nitrogens with one attached hydrogen (secondary N) is 1. The maximum Gasteiger partial charge on any atom is 0.241 e. The van der Waals surface area contributed by atoms with Gasteiger partial charge in [-0.3, -0.25) is 9.59 Å². The third-order valence-corrected chi connectivity index (χ3v) is 3.80. The minimum absolute atomic E-state index is 0.0284. The summed E-state index contributed by atoms with van der Waals surface area (Å²) in [6.07, 6.45) is 0.260. The standard InChI is InChI=1S/C19H21ClN2O3/c1-22(10-11-25-17-9-5-8-16(20)13-17)19(24)14-21-18(23)12-15-6-3-2-4-7-15/h2-9,13H,10-12,14H2,1H3,(H,21,23). The van der Waals surface area contributed by atoms with E-state index in [2.05, 4.69) is 5.32 Å². The van der Waals surface area contributed by atoms with Crippen LogP contribution in [0.25, 0.3) is 0 Å². The SMILES string of the molecule is CN(CCOc1cccc(Cl)c1)C(=O)CNC(=O)Cc1ccccc1. The van der Waals surface area contributed by atoms with Gasteiger partial charge in [-0.25, -0.2) is 0 Å². The van der Waals surface area contributed by atoms with Crippen molar-refractivity contribution in [1.82, 2.24) is 10.2 Å². The number of rotatable bonds is 8. The molecule has 2 aromatic carbocycles. The second kappa shape index (κ2) is 9.69. The van der Waals surface area contributed by atoms with E-state index in [1.165, 1.54) is 4.90 Å². The van der Waals surface area contributed by atoms with Crippen molar-refractivity contribution < 1.29 is 14.3 Å². The van der Waals surface area contributed by atoms with Crippen molar-refractivity contribution in [2.75, 3.05) is 26.7 Å². The molecule has 0 aromatic heterocycles. The Hall–Kier alpha value is -2.53. The van der Waals surface area contributed by atoms with Gasteiger partial charge in [0.1, 0.15) is 12.4 Å². The maximum atomic E-state index is 12.0. The first-order chi connectivity index (χ1) is 12.0. The first-order valence-corrected chi connectivity index (χ1v) is 8.35. The van der Waals surface area contributed by atoms with Crippen molar-refractivity contribution in [3.05, 3.63) is 65.2 Å². The number of hydrogen-bond acceptors (Lipinski definition) is 3. The van der Waals surface area contributed by atoms with Gasteiger partial charge in [0.15, 0.2) is 0 Å². The molecule has 0 saturated carbocycles. The largest absolute Gasteiger partial charge is 0.492 e. The highest BCUT2D eigenvalue weighted by Gasteiger charge is 2.11. The van der Waals surface area contributed by atoms with Crippen LogP contribution in [0.15, 0.2) is 54.6 Å². The smallest absolute Gasteiger partial charge is 0.241 e. The van der Waals surface area contributed by atoms with E-state index < -0.39 is 0 Å². The predicted molar refractivity (Wildman–Crippen MR) is 97.7 cm³/mol. The van der Waals surface area contributed by atoms with Crippen LogP contribution >= 0.6 is 11.6 Å². The van der Waals surface area contributed by atoms with Gasteiger partial charge in [0.25, 0.3) is 0 Å². The zero-order valence-electron chi connectivity index (χ0n) is 14.1. The molecule has 0 radical (unpaired) electrons. The highest BCUT2D eigenvalue weighted by atomic mass is 35.5. The molecule has 2 rings (SSSR count). The average molecular weight is 361 g/mol. The second-order valence-electron chi connectivity index (χ2n) is 5.56. The van der Waals surface area contributed by atoms with Crippen molar-refractivity contribution in [3.8, 4) is 5.75 Å². The quantitative estimate of drug-likeness (QED) is 0.787. The number of likely N-dealkylation sites (N-methyl/N-ethyl adjacent to an activating group) is 1. The number of carbonyl (C=O) groups is 2. The fourth-order valence-electron chi connectivity index (χ4n) is 2.13. The molecule has 0 heterocycles. The molecule has 2 aromatic rings. The van der Waals surface area contributed by atoms with Crippen LogP contribution in [0, 0.1) is 0 Å². The molecule has 25 heavy (non-hydrogen) atoms. The van der Waals surface area contributed by atoms with Gasteiger partial charge in [0.2, 0.25) is 11.8 Å². The van der Waals surface area contributed by atoms with Gasteiger partial charge < -0.3 is 15.0 Å². The number of benzene rings is 2. The average Bonchev–Trinajstić information content (AvgIpc) is 2.60. The Labute approximate surface area is 152 Å². The van der Waals surface area contributed by atoms with E-state index in [4.69, 9.17) is 16.3 Å². The summed E-state index contributed by atoms with van der Waals surface area (Å²) >= 11 is 5.88. The van der Waals surface area contributed by atoms with Gasteiger partial charge >= 0.3 is 0 Å². The third kappa shape index (κ3) is 6.85. The molecular formula is C19H21ClN2O3. The Kier molecular flexibility index (Phi) is 7.29. The topological polar surface area (TPSA) is 58.6 Å². The van der Waals surface area contributed by atoms with Gasteiger partial charge in [0, 0.05) is 12.1 Å². The van der Waals surface area contributed by atoms with Crippen molar-refractivity contribution in [2.45, 2.75) is 6.42 Å². The number of carbonyl (C=O) groups excluding carboxylic acids is 2. The first kappa shape index (κ1) is 18.8. The molecule has 132 valence electrons. The summed E-state index contributed by atoms with van der Waals surface area (Å²) in [5, 5.41) is 3.24. The van der Waals surface area contributed by atoms with Crippen LogP contribution in [-0.4, -0.2) is 43.5 Å². The Morgan fingerprint density at radius 1 is 1.12 bits per heavy atom. The van der Waals surface area contributed by atoms with Crippen LogP contribution in [0.1, 0.15) is 5.56 Å². The summed E-state index contributed by atoms with van der Waals surface area (Å²) in [6, 6.07) is 16.5. The monoisotopic (exact) mass is 360 g/mol. The van der Waals surface area contributed by atoms with E-state index in [9.17, 15) is 9.59 Å². The van der Waals surface area contributed by atoms with E-state index in [-0.39, 0.29) is 24.8 Å². The van der Waals surface area contributed by atoms with E-state index >= 15 is 0 Å². The number of ether oxygens (including phenoxy) is 1. The summed E-state index contributed by atoms with van der Waals surface area (Å²) in [4.78, 5) is 25.4. The summed E-state index contributed by atoms with van der Waals surface area (Å²) in [5.74, 6) is 0.309. The molecule has 0 fully saturated rings. The lowest BCUT2D eigenvalue weighted by Crippen LogP contribution is -2.40. The molecule has 0 unspecified atom stereocenters. The van der Waals surface area contributed by atoms with Crippen LogP contribution in [-0.2, 0) is 16.0 Å². The van der Waals surface area contributed by atoms with Crippen LogP contribution in [0.5, 0.6) is 5.75 Å². The molecule has 2 amide bonds. The Morgan fingerprint density at radius 3 is 2.60 bits per heavy atom. The normalized spacial score (nSPS) is 10.2. The highest BCUT2D eigenvalue weighted by Crippen LogP contribution is 2.16. The molecular weight excluding hydrogens is 340 g/mol. The van der Waals surface area contributed by atoms with Crippen LogP contribution in [0.2, 0.25) is 5.02 Å². The van der Waals surface area contributed by atoms with Crippen LogP contribution in [0.3, 0.4) is 0 Å². The number of hydrogen-bond donors (Lipinski definition) is 1. The zero-order valence-corrected chi connectivity index (χ0v) is 14.8. The minimum atomic E-state index is -0.178. The van der Waals surface area contributed by atoms with Crippen LogP contribution in [0.4, 0.5) is 0 Å². The molecule has 0 aliphatic heterocycles. The lowest BCUT2D eigenvalue weighted by atomic mass is 10.1. The van der Waals surface area contributed by atoms with Crippen molar-refractivity contribution in [2.24, 2.45) is 0 Å². The molecule has 0 atom stereocenters. The van der Waals surface area contributed by atoms with Crippen LogP contribution < -0.4 is 10.1 Å². The third-order valence-electron chi connectivity index (χ3n) is 3.56. The van der Waals surface area contributed by atoms with Crippen molar-refractivity contribution in [3.63, 3.8) is 0 Å². The summed E-state index contributed by atoms with van der Waals surface area (Å²) in [7, 11) is 1.67. The molecule has 0 spiro atoms. The molecule has 5 nitrogen and oxygen atoms in total. The number of amides is 2. The fraction of sp³-hybridized carbons (Fsp3) is 0.263. The van der Waals surface area contributed by atoms with Crippen molar-refractivity contribution in [1.29, 1.82) is 0 Å². The molecule has 0 saturated heterocycles. The number of nitrogens with zero attached hydrogens (tertiary/aromatic N) is 1. The molecule has 1 N–H and O–H groups in total. The minimum Gasteiger partial charge on any atom is -0.492 e.